The highest BCUT2D eigenvalue weighted by atomic mass is 32.2. The molecule has 0 aromatic heterocycles. The monoisotopic (exact) mass is 520 g/mol. The molecule has 0 unspecified atom stereocenters. The molecule has 0 atom stereocenters. The molecule has 0 N–H and O–H groups in total. The second-order valence-corrected chi connectivity index (χ2v) is 10.9. The molecule has 0 radical (unpaired) electrons. The first-order valence-corrected chi connectivity index (χ1v) is 13.3. The number of esters is 1. The highest BCUT2D eigenvalue weighted by Crippen LogP contribution is 2.30. The van der Waals surface area contributed by atoms with Crippen LogP contribution in [0.2, 0.25) is 0 Å². The predicted octanol–water partition coefficient (Wildman–Crippen LogP) is 5.46. The number of rotatable bonds is 9. The van der Waals surface area contributed by atoms with Crippen LogP contribution < -0.4 is 0 Å². The first-order valence-electron chi connectivity index (χ1n) is 10.5. The predicted molar refractivity (Wildman–Crippen MR) is 131 cm³/mol. The zero-order valence-electron chi connectivity index (χ0n) is 19.1. The van der Waals surface area contributed by atoms with Crippen LogP contribution in [-0.2, 0) is 30.5 Å². The standard InChI is InChI=1S/C18H15S.C8H12F2O5S/c1-4-10-16(11-5-1)19(17-12-6-2-7-13-17)18-14-8-3-9-15-18;1-6(2)7(11)15-4-3-8(9,10)5-16(12,13)14/h1-15H;1,3-5H2,2H3,(H,12,13,14)/q+1;/p-1. The Balaban J connectivity index is 0.000000252. The second-order valence-electron chi connectivity index (χ2n) is 7.47. The number of alkyl halides is 2. The number of carbonyl (C=O) groups is 1. The molecule has 3 aromatic rings. The lowest BCUT2D eigenvalue weighted by atomic mass is 10.3. The van der Waals surface area contributed by atoms with E-state index in [1.54, 1.807) is 0 Å². The van der Waals surface area contributed by atoms with Crippen molar-refractivity contribution in [3.8, 4) is 0 Å². The summed E-state index contributed by atoms with van der Waals surface area (Å²) in [5, 5.41) is 0. The van der Waals surface area contributed by atoms with Crippen molar-refractivity contribution in [2.45, 2.75) is 34.0 Å². The summed E-state index contributed by atoms with van der Waals surface area (Å²) >= 11 is 0. The van der Waals surface area contributed by atoms with Crippen molar-refractivity contribution in [2.24, 2.45) is 0 Å². The number of hydrogen-bond acceptors (Lipinski definition) is 5. The van der Waals surface area contributed by atoms with Gasteiger partial charge in [0.2, 0.25) is 0 Å². The summed E-state index contributed by atoms with van der Waals surface area (Å²) in [5.74, 6) is -6.35. The summed E-state index contributed by atoms with van der Waals surface area (Å²) in [6.45, 7) is 3.89. The van der Waals surface area contributed by atoms with Crippen LogP contribution in [0.4, 0.5) is 8.78 Å². The van der Waals surface area contributed by atoms with Gasteiger partial charge in [0.1, 0.15) is 15.9 Å². The van der Waals surface area contributed by atoms with Crippen molar-refractivity contribution >= 4 is 27.0 Å². The van der Waals surface area contributed by atoms with Crippen molar-refractivity contribution < 1.29 is 31.3 Å². The van der Waals surface area contributed by atoms with Gasteiger partial charge >= 0.3 is 5.97 Å². The van der Waals surface area contributed by atoms with E-state index in [4.69, 9.17) is 0 Å². The molecule has 0 heterocycles. The van der Waals surface area contributed by atoms with E-state index in [0.29, 0.717) is 0 Å². The third-order valence-electron chi connectivity index (χ3n) is 4.37. The SMILES string of the molecule is C=C(C)C(=O)OCCC(F)(F)CS(=O)(=O)[O-].c1ccc([S+](c2ccccc2)c2ccccc2)cc1. The quantitative estimate of drug-likeness (QED) is 0.162. The van der Waals surface area contributed by atoms with Gasteiger partial charge in [-0.2, -0.15) is 0 Å². The van der Waals surface area contributed by atoms with E-state index in [9.17, 15) is 26.5 Å². The minimum Gasteiger partial charge on any atom is -0.748 e. The number of carbonyl (C=O) groups excluding carboxylic acids is 1. The molecule has 0 bridgehead atoms. The molecule has 5 nitrogen and oxygen atoms in total. The highest BCUT2D eigenvalue weighted by Gasteiger charge is 2.32. The minimum absolute atomic E-state index is 0.0146. The molecule has 9 heteroatoms. The highest BCUT2D eigenvalue weighted by molar-refractivity contribution is 7.97. The van der Waals surface area contributed by atoms with Crippen LogP contribution in [-0.4, -0.2) is 37.2 Å². The summed E-state index contributed by atoms with van der Waals surface area (Å²) in [6, 6.07) is 32.2. The fraction of sp³-hybridized carbons (Fsp3) is 0.192. The van der Waals surface area contributed by atoms with Gasteiger partial charge in [-0.05, 0) is 43.3 Å². The van der Waals surface area contributed by atoms with E-state index < -0.39 is 40.8 Å². The Morgan fingerprint density at radius 2 is 1.26 bits per heavy atom. The number of halogens is 2. The molecule has 3 aromatic carbocycles. The second kappa shape index (κ2) is 13.2. The first-order chi connectivity index (χ1) is 16.5. The fourth-order valence-electron chi connectivity index (χ4n) is 2.83. The number of benzene rings is 3. The van der Waals surface area contributed by atoms with Crippen LogP contribution in [0.5, 0.6) is 0 Å². The lowest BCUT2D eigenvalue weighted by molar-refractivity contribution is -0.140. The van der Waals surface area contributed by atoms with Crippen molar-refractivity contribution in [3.05, 3.63) is 103 Å². The van der Waals surface area contributed by atoms with E-state index in [0.717, 1.165) is 0 Å². The Labute approximate surface area is 207 Å². The molecule has 0 aliphatic heterocycles. The van der Waals surface area contributed by atoms with Gasteiger partial charge in [-0.1, -0.05) is 61.2 Å². The molecular weight excluding hydrogens is 494 g/mol. The third kappa shape index (κ3) is 10.4. The van der Waals surface area contributed by atoms with Crippen LogP contribution in [0.25, 0.3) is 0 Å². The molecule has 0 spiro atoms. The molecule has 0 aliphatic carbocycles. The largest absolute Gasteiger partial charge is 0.748 e. The van der Waals surface area contributed by atoms with Crippen molar-refractivity contribution in [1.82, 2.24) is 0 Å². The van der Waals surface area contributed by atoms with Crippen LogP contribution >= 0.6 is 0 Å². The van der Waals surface area contributed by atoms with Crippen LogP contribution in [0.15, 0.2) is 118 Å². The minimum atomic E-state index is -5.01. The molecule has 0 amide bonds. The Morgan fingerprint density at radius 3 is 1.57 bits per heavy atom. The van der Waals surface area contributed by atoms with Crippen LogP contribution in [0, 0.1) is 0 Å². The topological polar surface area (TPSA) is 83.5 Å². The van der Waals surface area contributed by atoms with Gasteiger partial charge < -0.3 is 9.29 Å². The average Bonchev–Trinajstić information content (AvgIpc) is 2.80. The van der Waals surface area contributed by atoms with Gasteiger partial charge in [0.15, 0.2) is 14.7 Å². The maximum atomic E-state index is 12.8. The Hall–Kier alpha value is -3.01. The van der Waals surface area contributed by atoms with Gasteiger partial charge in [0, 0.05) is 12.0 Å². The van der Waals surface area contributed by atoms with Crippen molar-refractivity contribution in [3.63, 3.8) is 0 Å². The van der Waals surface area contributed by atoms with Gasteiger partial charge in [-0.3, -0.25) is 0 Å². The average molecular weight is 521 g/mol. The number of hydrogen-bond donors (Lipinski definition) is 0. The zero-order chi connectivity index (χ0) is 25.9. The summed E-state index contributed by atoms with van der Waals surface area (Å²) in [6.07, 6.45) is -1.02. The normalized spacial score (nSPS) is 11.3. The van der Waals surface area contributed by atoms with Crippen LogP contribution in [0.3, 0.4) is 0 Å². The smallest absolute Gasteiger partial charge is 0.333 e. The van der Waals surface area contributed by atoms with Crippen molar-refractivity contribution in [1.29, 1.82) is 0 Å². The van der Waals surface area contributed by atoms with E-state index in [1.807, 2.05) is 0 Å². The molecule has 0 fully saturated rings. The zero-order valence-corrected chi connectivity index (χ0v) is 20.7. The lowest BCUT2D eigenvalue weighted by Crippen LogP contribution is -2.29. The number of ether oxygens (including phenoxy) is 1. The Bertz CT molecular complexity index is 1090. The fourth-order valence-corrected chi connectivity index (χ4v) is 5.59. The van der Waals surface area contributed by atoms with E-state index in [1.165, 1.54) is 21.6 Å². The van der Waals surface area contributed by atoms with E-state index in [-0.39, 0.29) is 16.5 Å². The van der Waals surface area contributed by atoms with Gasteiger partial charge in [0.05, 0.1) is 17.5 Å². The lowest BCUT2D eigenvalue weighted by Gasteiger charge is -2.17. The van der Waals surface area contributed by atoms with E-state index >= 15 is 0 Å². The molecule has 35 heavy (non-hydrogen) atoms. The Morgan fingerprint density at radius 1 is 0.886 bits per heavy atom. The van der Waals surface area contributed by atoms with Gasteiger partial charge in [0.25, 0.3) is 5.92 Å². The summed E-state index contributed by atoms with van der Waals surface area (Å²) < 4.78 is 60.2. The third-order valence-corrected chi connectivity index (χ3v) is 7.38. The molecule has 3 rings (SSSR count). The molecule has 0 aliphatic rings. The molecule has 0 saturated heterocycles. The molecule has 186 valence electrons. The van der Waals surface area contributed by atoms with Gasteiger partial charge in [-0.25, -0.2) is 22.0 Å². The summed E-state index contributed by atoms with van der Waals surface area (Å²) in [4.78, 5) is 14.9. The van der Waals surface area contributed by atoms with Gasteiger partial charge in [-0.15, -0.1) is 0 Å². The van der Waals surface area contributed by atoms with Crippen molar-refractivity contribution in [2.75, 3.05) is 12.4 Å². The Kier molecular flexibility index (Phi) is 10.6. The van der Waals surface area contributed by atoms with E-state index in [2.05, 4.69) is 102 Å². The first kappa shape index (κ1) is 28.2. The summed E-state index contributed by atoms with van der Waals surface area (Å²) in [5.41, 5.74) is 0.0414. The summed E-state index contributed by atoms with van der Waals surface area (Å²) in [7, 11) is -5.02. The molecular formula is C26H26F2O5S2. The maximum absolute atomic E-state index is 12.8. The molecule has 0 saturated carbocycles. The van der Waals surface area contributed by atoms with Crippen LogP contribution in [0.1, 0.15) is 13.3 Å². The maximum Gasteiger partial charge on any atom is 0.333 e.